The normalized spacial score (nSPS) is 10.1. The molecule has 19 heavy (non-hydrogen) atoms. The van der Waals surface area contributed by atoms with E-state index < -0.39 is 0 Å². The first-order valence-electron chi connectivity index (χ1n) is 5.49. The lowest BCUT2D eigenvalue weighted by atomic mass is 10.1. The van der Waals surface area contributed by atoms with Crippen LogP contribution in [-0.2, 0) is 0 Å². The smallest absolute Gasteiger partial charge is 0.320 e. The standard InChI is InChI=1S/C13H13BrN2O3/c1-17-9-6-4-8(5-7-9)10-11(14)15-13(19-3)16-12(10)18-2/h4-7H,1-3H3. The highest BCUT2D eigenvalue weighted by atomic mass is 79.9. The summed E-state index contributed by atoms with van der Waals surface area (Å²) >= 11 is 3.41. The molecule has 0 N–H and O–H groups in total. The van der Waals surface area contributed by atoms with E-state index in [0.717, 1.165) is 16.9 Å². The van der Waals surface area contributed by atoms with Crippen molar-refractivity contribution >= 4 is 15.9 Å². The minimum Gasteiger partial charge on any atom is -0.497 e. The van der Waals surface area contributed by atoms with Gasteiger partial charge in [-0.25, -0.2) is 0 Å². The van der Waals surface area contributed by atoms with Gasteiger partial charge < -0.3 is 14.2 Å². The number of hydrogen-bond donors (Lipinski definition) is 0. The number of rotatable bonds is 4. The molecule has 0 aliphatic carbocycles. The van der Waals surface area contributed by atoms with Crippen LogP contribution in [0.25, 0.3) is 11.1 Å². The Morgan fingerprint density at radius 1 is 0.895 bits per heavy atom. The molecule has 0 radical (unpaired) electrons. The molecule has 0 amide bonds. The number of aromatic nitrogens is 2. The second-order valence-electron chi connectivity index (χ2n) is 3.61. The van der Waals surface area contributed by atoms with Crippen LogP contribution < -0.4 is 14.2 Å². The van der Waals surface area contributed by atoms with Crippen molar-refractivity contribution in [1.82, 2.24) is 9.97 Å². The van der Waals surface area contributed by atoms with E-state index in [-0.39, 0.29) is 6.01 Å². The number of nitrogens with zero attached hydrogens (tertiary/aromatic N) is 2. The average Bonchev–Trinajstić information content (AvgIpc) is 2.46. The van der Waals surface area contributed by atoms with Gasteiger partial charge >= 0.3 is 6.01 Å². The zero-order valence-corrected chi connectivity index (χ0v) is 12.4. The topological polar surface area (TPSA) is 53.5 Å². The molecule has 0 saturated heterocycles. The van der Waals surface area contributed by atoms with E-state index in [2.05, 4.69) is 25.9 Å². The highest BCUT2D eigenvalue weighted by molar-refractivity contribution is 9.10. The van der Waals surface area contributed by atoms with Crippen molar-refractivity contribution in [3.8, 4) is 28.8 Å². The van der Waals surface area contributed by atoms with E-state index in [1.807, 2.05) is 24.3 Å². The number of benzene rings is 1. The van der Waals surface area contributed by atoms with E-state index in [1.54, 1.807) is 14.2 Å². The lowest BCUT2D eigenvalue weighted by Crippen LogP contribution is -1.99. The fourth-order valence-corrected chi connectivity index (χ4v) is 2.19. The van der Waals surface area contributed by atoms with Crippen LogP contribution in [-0.4, -0.2) is 31.3 Å². The van der Waals surface area contributed by atoms with Crippen molar-refractivity contribution in [3.63, 3.8) is 0 Å². The van der Waals surface area contributed by atoms with Gasteiger partial charge in [0.25, 0.3) is 0 Å². The Labute approximate surface area is 119 Å². The maximum atomic E-state index is 5.29. The van der Waals surface area contributed by atoms with Gasteiger partial charge in [0.2, 0.25) is 5.88 Å². The van der Waals surface area contributed by atoms with Crippen LogP contribution >= 0.6 is 15.9 Å². The Kier molecular flexibility index (Phi) is 4.21. The largest absolute Gasteiger partial charge is 0.497 e. The van der Waals surface area contributed by atoms with E-state index in [1.165, 1.54) is 7.11 Å². The Morgan fingerprint density at radius 2 is 1.58 bits per heavy atom. The van der Waals surface area contributed by atoms with Gasteiger partial charge in [-0.15, -0.1) is 0 Å². The van der Waals surface area contributed by atoms with Crippen LogP contribution in [0.4, 0.5) is 0 Å². The Hall–Kier alpha value is -1.82. The molecule has 2 rings (SSSR count). The van der Waals surface area contributed by atoms with E-state index in [9.17, 15) is 0 Å². The molecular formula is C13H13BrN2O3. The molecule has 100 valence electrons. The van der Waals surface area contributed by atoms with Crippen LogP contribution in [0.15, 0.2) is 28.9 Å². The van der Waals surface area contributed by atoms with Gasteiger partial charge in [0.05, 0.1) is 26.9 Å². The summed E-state index contributed by atoms with van der Waals surface area (Å²) in [5.74, 6) is 1.23. The molecule has 0 saturated carbocycles. The zero-order valence-electron chi connectivity index (χ0n) is 10.8. The van der Waals surface area contributed by atoms with E-state index >= 15 is 0 Å². The summed E-state index contributed by atoms with van der Waals surface area (Å²) in [6, 6.07) is 7.81. The maximum absolute atomic E-state index is 5.29. The molecule has 6 heteroatoms. The van der Waals surface area contributed by atoms with Crippen molar-refractivity contribution in [2.24, 2.45) is 0 Å². The number of methoxy groups -OCH3 is 3. The summed E-state index contributed by atoms with van der Waals surface area (Å²) in [7, 11) is 4.69. The van der Waals surface area contributed by atoms with Crippen molar-refractivity contribution < 1.29 is 14.2 Å². The van der Waals surface area contributed by atoms with Crippen LogP contribution in [0.1, 0.15) is 0 Å². The molecule has 1 heterocycles. The second-order valence-corrected chi connectivity index (χ2v) is 4.37. The maximum Gasteiger partial charge on any atom is 0.320 e. The zero-order chi connectivity index (χ0) is 13.8. The molecule has 0 aliphatic rings. The van der Waals surface area contributed by atoms with Crippen LogP contribution in [0, 0.1) is 0 Å². The van der Waals surface area contributed by atoms with Crippen LogP contribution in [0.5, 0.6) is 17.6 Å². The molecule has 1 aromatic carbocycles. The second kappa shape index (κ2) is 5.88. The molecule has 0 spiro atoms. The number of ether oxygens (including phenoxy) is 3. The molecular weight excluding hydrogens is 312 g/mol. The highest BCUT2D eigenvalue weighted by Crippen LogP contribution is 2.36. The minimum absolute atomic E-state index is 0.251. The number of hydrogen-bond acceptors (Lipinski definition) is 5. The quantitative estimate of drug-likeness (QED) is 0.809. The Balaban J connectivity index is 2.53. The van der Waals surface area contributed by atoms with Crippen molar-refractivity contribution in [1.29, 1.82) is 0 Å². The molecule has 0 unspecified atom stereocenters. The predicted molar refractivity (Wildman–Crippen MR) is 74.8 cm³/mol. The molecule has 2 aromatic rings. The Morgan fingerprint density at radius 3 is 2.11 bits per heavy atom. The Bertz CT molecular complexity index is 573. The van der Waals surface area contributed by atoms with Gasteiger partial charge in [0.15, 0.2) is 0 Å². The highest BCUT2D eigenvalue weighted by Gasteiger charge is 2.15. The summed E-state index contributed by atoms with van der Waals surface area (Å²) in [4.78, 5) is 8.36. The summed E-state index contributed by atoms with van der Waals surface area (Å²) in [6.07, 6.45) is 0. The SMILES string of the molecule is COc1ccc(-c2c(Br)nc(OC)nc2OC)cc1. The lowest BCUT2D eigenvalue weighted by molar-refractivity contribution is 0.352. The summed E-state index contributed by atoms with van der Waals surface area (Å²) in [5, 5.41) is 0. The van der Waals surface area contributed by atoms with Gasteiger partial charge in [-0.3, -0.25) is 0 Å². The van der Waals surface area contributed by atoms with Gasteiger partial charge in [0.1, 0.15) is 10.4 Å². The fourth-order valence-electron chi connectivity index (χ4n) is 1.64. The predicted octanol–water partition coefficient (Wildman–Crippen LogP) is 2.93. The third kappa shape index (κ3) is 2.78. The first kappa shape index (κ1) is 13.6. The van der Waals surface area contributed by atoms with E-state index in [0.29, 0.717) is 10.5 Å². The van der Waals surface area contributed by atoms with Gasteiger partial charge in [0, 0.05) is 0 Å². The van der Waals surface area contributed by atoms with Crippen molar-refractivity contribution in [2.75, 3.05) is 21.3 Å². The van der Waals surface area contributed by atoms with Crippen molar-refractivity contribution in [2.45, 2.75) is 0 Å². The first-order chi connectivity index (χ1) is 9.19. The molecule has 0 aliphatic heterocycles. The molecule has 0 fully saturated rings. The van der Waals surface area contributed by atoms with Crippen LogP contribution in [0.3, 0.4) is 0 Å². The molecule has 0 atom stereocenters. The molecule has 1 aromatic heterocycles. The summed E-state index contributed by atoms with van der Waals surface area (Å²) in [6.45, 7) is 0. The van der Waals surface area contributed by atoms with Crippen molar-refractivity contribution in [3.05, 3.63) is 28.9 Å². The average molecular weight is 325 g/mol. The third-order valence-electron chi connectivity index (χ3n) is 2.57. The minimum atomic E-state index is 0.251. The summed E-state index contributed by atoms with van der Waals surface area (Å²) in [5.41, 5.74) is 1.69. The summed E-state index contributed by atoms with van der Waals surface area (Å²) < 4.78 is 16.0. The van der Waals surface area contributed by atoms with E-state index in [4.69, 9.17) is 14.2 Å². The van der Waals surface area contributed by atoms with Gasteiger partial charge in [-0.1, -0.05) is 12.1 Å². The molecule has 0 bridgehead atoms. The first-order valence-corrected chi connectivity index (χ1v) is 6.28. The lowest BCUT2D eigenvalue weighted by Gasteiger charge is -2.11. The number of halogens is 1. The van der Waals surface area contributed by atoms with Gasteiger partial charge in [-0.2, -0.15) is 9.97 Å². The molecule has 5 nitrogen and oxygen atoms in total. The fraction of sp³-hybridized carbons (Fsp3) is 0.231. The van der Waals surface area contributed by atoms with Crippen LogP contribution in [0.2, 0.25) is 0 Å². The monoisotopic (exact) mass is 324 g/mol. The van der Waals surface area contributed by atoms with Gasteiger partial charge in [-0.05, 0) is 33.6 Å². The third-order valence-corrected chi connectivity index (χ3v) is 3.14.